The van der Waals surface area contributed by atoms with Crippen LogP contribution in [0.3, 0.4) is 0 Å². The van der Waals surface area contributed by atoms with Gasteiger partial charge in [-0.25, -0.2) is 0 Å². The summed E-state index contributed by atoms with van der Waals surface area (Å²) in [5.41, 5.74) is 17.8. The molecule has 18 rings (SSSR count). The van der Waals surface area contributed by atoms with Crippen molar-refractivity contribution in [3.8, 4) is 27.9 Å². The lowest BCUT2D eigenvalue weighted by molar-refractivity contribution is 1.17. The van der Waals surface area contributed by atoms with E-state index in [0.717, 1.165) is 90.2 Å². The highest BCUT2D eigenvalue weighted by Crippen LogP contribution is 2.45. The van der Waals surface area contributed by atoms with Crippen molar-refractivity contribution in [1.29, 1.82) is 0 Å². The van der Waals surface area contributed by atoms with Gasteiger partial charge in [-0.15, -0.1) is 0 Å². The van der Waals surface area contributed by atoms with E-state index in [1.165, 1.54) is 75.4 Å². The van der Waals surface area contributed by atoms with Crippen LogP contribution in [-0.4, -0.2) is 4.57 Å². The monoisotopic (exact) mass is 1200 g/mol. The molecule has 0 aliphatic heterocycles. The molecule has 0 radical (unpaired) electrons. The second-order valence-corrected chi connectivity index (χ2v) is 24.6. The zero-order valence-electron chi connectivity index (χ0n) is 51.4. The fourth-order valence-corrected chi connectivity index (χ4v) is 14.3. The SMILES string of the molecule is c1ccc2cc(N(c3ccc(-c4ccc5c(c4)c4cc(-c6ccc(N(c7ccc8ccccc8c7)c7ccc8ccccc8c7)cc6)ccc4n5-c4ccc(N(c5ccc6ccccc6c5)c5ccc6ccccc6c5)cc4)cc3)c3ccc4ccccc4c3)ccc2c1. The average Bonchev–Trinajstić information content (AvgIpc) is 1.56. The van der Waals surface area contributed by atoms with Gasteiger partial charge in [0.15, 0.2) is 0 Å². The quantitative estimate of drug-likeness (QED) is 0.121. The predicted octanol–water partition coefficient (Wildman–Crippen LogP) is 25.4. The Kier molecular flexibility index (Phi) is 13.2. The Morgan fingerprint density at radius 2 is 0.372 bits per heavy atom. The Bertz CT molecular complexity index is 5440. The lowest BCUT2D eigenvalue weighted by Crippen LogP contribution is -2.10. The number of fused-ring (bicyclic) bond motifs is 9. The molecule has 4 nitrogen and oxygen atoms in total. The van der Waals surface area contributed by atoms with Gasteiger partial charge in [-0.05, 0) is 232 Å². The molecular weight excluding hydrogens is 1140 g/mol. The van der Waals surface area contributed by atoms with Gasteiger partial charge in [0, 0.05) is 67.6 Å². The third-order valence-corrected chi connectivity index (χ3v) is 19.0. The molecule has 0 N–H and O–H groups in total. The number of aromatic nitrogens is 1. The highest BCUT2D eigenvalue weighted by molar-refractivity contribution is 6.12. The van der Waals surface area contributed by atoms with Crippen LogP contribution in [0, 0.1) is 0 Å². The van der Waals surface area contributed by atoms with E-state index in [1.54, 1.807) is 0 Å². The second-order valence-electron chi connectivity index (χ2n) is 24.6. The fourth-order valence-electron chi connectivity index (χ4n) is 14.3. The molecule has 0 aliphatic carbocycles. The molecule has 4 heteroatoms. The van der Waals surface area contributed by atoms with Crippen molar-refractivity contribution >= 4 is 138 Å². The van der Waals surface area contributed by atoms with Crippen molar-refractivity contribution in [3.63, 3.8) is 0 Å². The Hall–Kier alpha value is -12.5. The first kappa shape index (κ1) is 54.4. The summed E-state index contributed by atoms with van der Waals surface area (Å²) in [5.74, 6) is 0. The molecule has 17 aromatic carbocycles. The first-order valence-corrected chi connectivity index (χ1v) is 32.3. The molecule has 0 saturated heterocycles. The van der Waals surface area contributed by atoms with Crippen molar-refractivity contribution in [2.24, 2.45) is 0 Å². The van der Waals surface area contributed by atoms with Crippen LogP contribution in [0.15, 0.2) is 364 Å². The Morgan fingerprint density at radius 3 is 0.628 bits per heavy atom. The van der Waals surface area contributed by atoms with E-state index < -0.39 is 0 Å². The maximum absolute atomic E-state index is 2.45. The Morgan fingerprint density at radius 1 is 0.160 bits per heavy atom. The molecule has 0 bridgehead atoms. The molecule has 0 atom stereocenters. The van der Waals surface area contributed by atoms with Crippen molar-refractivity contribution in [3.05, 3.63) is 364 Å². The molecule has 0 fully saturated rings. The topological polar surface area (TPSA) is 14.7 Å². The van der Waals surface area contributed by atoms with E-state index in [9.17, 15) is 0 Å². The minimum atomic E-state index is 1.08. The maximum atomic E-state index is 2.45. The molecule has 94 heavy (non-hydrogen) atoms. The summed E-state index contributed by atoms with van der Waals surface area (Å²) in [6.07, 6.45) is 0. The van der Waals surface area contributed by atoms with Crippen LogP contribution in [-0.2, 0) is 0 Å². The number of hydrogen-bond donors (Lipinski definition) is 0. The summed E-state index contributed by atoms with van der Waals surface area (Å²) in [7, 11) is 0. The van der Waals surface area contributed by atoms with Gasteiger partial charge in [-0.1, -0.05) is 218 Å². The molecule has 1 aromatic heterocycles. The molecule has 1 heterocycles. The number of nitrogens with zero attached hydrogens (tertiary/aromatic N) is 4. The van der Waals surface area contributed by atoms with Gasteiger partial charge in [-0.2, -0.15) is 0 Å². The van der Waals surface area contributed by atoms with Crippen LogP contribution in [0.5, 0.6) is 0 Å². The normalized spacial score (nSPS) is 11.6. The van der Waals surface area contributed by atoms with Crippen LogP contribution >= 0.6 is 0 Å². The van der Waals surface area contributed by atoms with Gasteiger partial charge in [0.2, 0.25) is 0 Å². The third-order valence-electron chi connectivity index (χ3n) is 19.0. The summed E-state index contributed by atoms with van der Waals surface area (Å²) < 4.78 is 2.45. The summed E-state index contributed by atoms with van der Waals surface area (Å²) in [6, 6.07) is 134. The van der Waals surface area contributed by atoms with E-state index in [4.69, 9.17) is 0 Å². The molecular formula is C90H60N4. The summed E-state index contributed by atoms with van der Waals surface area (Å²) >= 11 is 0. The minimum absolute atomic E-state index is 1.08. The fraction of sp³-hybridized carbons (Fsp3) is 0. The van der Waals surface area contributed by atoms with Gasteiger partial charge in [0.25, 0.3) is 0 Å². The number of hydrogen-bond acceptors (Lipinski definition) is 3. The highest BCUT2D eigenvalue weighted by atomic mass is 15.2. The van der Waals surface area contributed by atoms with Crippen molar-refractivity contribution in [2.75, 3.05) is 14.7 Å². The Balaban J connectivity index is 0.758. The van der Waals surface area contributed by atoms with E-state index in [-0.39, 0.29) is 0 Å². The molecule has 0 spiro atoms. The summed E-state index contributed by atoms with van der Waals surface area (Å²) in [4.78, 5) is 7.15. The first-order valence-electron chi connectivity index (χ1n) is 32.3. The number of anilines is 9. The van der Waals surface area contributed by atoms with Gasteiger partial charge in [-0.3, -0.25) is 0 Å². The van der Waals surface area contributed by atoms with Crippen LogP contribution in [0.1, 0.15) is 0 Å². The van der Waals surface area contributed by atoms with E-state index in [2.05, 4.69) is 383 Å². The Labute approximate surface area is 545 Å². The van der Waals surface area contributed by atoms with Crippen LogP contribution in [0.4, 0.5) is 51.2 Å². The van der Waals surface area contributed by atoms with Crippen LogP contribution in [0.2, 0.25) is 0 Å². The standard InChI is InChI=1S/C90H60N4/c1-7-19-69-53-81(41-29-61(69)13-1)91(82-42-30-62-14-2-8-20-70(62)54-82)77-37-25-67(26-38-77)75-35-51-89-87(59-75)88-60-76(68-27-39-78(40-28-68)92(83-43-31-63-15-3-9-21-71(63)55-83)84-44-32-64-16-4-10-22-72(64)56-84)36-52-90(88)94(89)80-49-47-79(48-50-80)93(85-45-33-65-17-5-11-23-73(65)57-85)86-46-34-66-18-6-12-24-74(66)58-86/h1-60H. The zero-order valence-corrected chi connectivity index (χ0v) is 51.4. The minimum Gasteiger partial charge on any atom is -0.310 e. The lowest BCUT2D eigenvalue weighted by Gasteiger charge is -2.26. The number of benzene rings is 17. The smallest absolute Gasteiger partial charge is 0.0541 e. The van der Waals surface area contributed by atoms with Gasteiger partial charge < -0.3 is 19.3 Å². The molecule has 18 aromatic rings. The summed E-state index contributed by atoms with van der Waals surface area (Å²) in [6.45, 7) is 0. The molecule has 0 amide bonds. The highest BCUT2D eigenvalue weighted by Gasteiger charge is 2.21. The zero-order chi connectivity index (χ0) is 62.1. The van der Waals surface area contributed by atoms with Gasteiger partial charge >= 0.3 is 0 Å². The first-order chi connectivity index (χ1) is 46.5. The molecule has 440 valence electrons. The molecule has 0 saturated carbocycles. The van der Waals surface area contributed by atoms with Crippen LogP contribution < -0.4 is 14.7 Å². The third kappa shape index (κ3) is 9.81. The van der Waals surface area contributed by atoms with Crippen molar-refractivity contribution in [1.82, 2.24) is 4.57 Å². The maximum Gasteiger partial charge on any atom is 0.0541 e. The van der Waals surface area contributed by atoms with Gasteiger partial charge in [0.05, 0.1) is 11.0 Å². The van der Waals surface area contributed by atoms with E-state index in [1.807, 2.05) is 0 Å². The molecule has 0 unspecified atom stereocenters. The number of rotatable bonds is 12. The van der Waals surface area contributed by atoms with Crippen molar-refractivity contribution < 1.29 is 0 Å². The second kappa shape index (κ2) is 22.8. The average molecular weight is 1200 g/mol. The van der Waals surface area contributed by atoms with Crippen molar-refractivity contribution in [2.45, 2.75) is 0 Å². The van der Waals surface area contributed by atoms with E-state index in [0.29, 0.717) is 0 Å². The molecule has 0 aliphatic rings. The van der Waals surface area contributed by atoms with Gasteiger partial charge in [0.1, 0.15) is 0 Å². The van der Waals surface area contributed by atoms with E-state index >= 15 is 0 Å². The summed E-state index contributed by atoms with van der Waals surface area (Å²) in [5, 5.41) is 16.9. The largest absolute Gasteiger partial charge is 0.310 e. The lowest BCUT2D eigenvalue weighted by atomic mass is 9.99. The predicted molar refractivity (Wildman–Crippen MR) is 401 cm³/mol. The van der Waals surface area contributed by atoms with Crippen LogP contribution in [0.25, 0.3) is 114 Å².